The Morgan fingerprint density at radius 2 is 1.97 bits per heavy atom. The first kappa shape index (κ1) is 18.3. The van der Waals surface area contributed by atoms with Gasteiger partial charge in [-0.3, -0.25) is 9.59 Å². The van der Waals surface area contributed by atoms with Gasteiger partial charge in [-0.25, -0.2) is 0 Å². The molecule has 3 aliphatic carbocycles. The summed E-state index contributed by atoms with van der Waals surface area (Å²) in [6.07, 6.45) is 12.3. The first-order valence-corrected chi connectivity index (χ1v) is 11.2. The number of rotatable bonds is 2. The van der Waals surface area contributed by atoms with Crippen LogP contribution >= 0.6 is 0 Å². The lowest BCUT2D eigenvalue weighted by Gasteiger charge is -2.53. The second-order valence-corrected chi connectivity index (χ2v) is 9.88. The molecule has 4 atom stereocenters. The van der Waals surface area contributed by atoms with Crippen molar-refractivity contribution in [2.45, 2.75) is 63.1 Å². The predicted molar refractivity (Wildman–Crippen MR) is 115 cm³/mol. The molecule has 1 saturated carbocycles. The van der Waals surface area contributed by atoms with E-state index in [0.29, 0.717) is 18.6 Å². The normalized spacial score (nSPS) is 38.6. The Labute approximate surface area is 177 Å². The molecule has 5 aliphatic rings. The van der Waals surface area contributed by atoms with Gasteiger partial charge in [0.05, 0.1) is 11.2 Å². The number of ether oxygens (including phenoxy) is 1. The number of benzene rings is 1. The lowest BCUT2D eigenvalue weighted by atomic mass is 9.59. The van der Waals surface area contributed by atoms with E-state index in [1.807, 2.05) is 30.3 Å². The zero-order valence-corrected chi connectivity index (χ0v) is 17.4. The molecule has 0 radical (unpaired) electrons. The summed E-state index contributed by atoms with van der Waals surface area (Å²) in [4.78, 5) is 25.5. The van der Waals surface area contributed by atoms with Gasteiger partial charge in [0.15, 0.2) is 0 Å². The molecule has 154 valence electrons. The van der Waals surface area contributed by atoms with Crippen molar-refractivity contribution >= 4 is 17.4 Å². The number of Topliss-reactive ketones (excluding diaryl/α,β-unsaturated/α-hetero) is 1. The molecular formula is C26H27NO3. The molecule has 2 aliphatic heterocycles. The highest BCUT2D eigenvalue weighted by molar-refractivity contribution is 6.05. The topological polar surface area (TPSA) is 55.4 Å². The number of carbonyl (C=O) groups is 2. The molecule has 0 unspecified atom stereocenters. The van der Waals surface area contributed by atoms with Crippen molar-refractivity contribution in [2.24, 2.45) is 11.3 Å². The number of amides is 1. The van der Waals surface area contributed by atoms with E-state index in [0.717, 1.165) is 43.4 Å². The van der Waals surface area contributed by atoms with Crippen molar-refractivity contribution in [1.29, 1.82) is 0 Å². The number of para-hydroxylation sites is 1. The van der Waals surface area contributed by atoms with Crippen LogP contribution in [0.3, 0.4) is 0 Å². The second kappa shape index (κ2) is 6.04. The summed E-state index contributed by atoms with van der Waals surface area (Å²) in [6, 6.07) is 9.65. The van der Waals surface area contributed by atoms with Gasteiger partial charge in [0.1, 0.15) is 5.78 Å². The molecule has 6 rings (SSSR count). The number of allylic oxidation sites excluding steroid dienone is 2. The van der Waals surface area contributed by atoms with Crippen molar-refractivity contribution < 1.29 is 14.3 Å². The minimum atomic E-state index is -0.389. The van der Waals surface area contributed by atoms with Gasteiger partial charge in [0, 0.05) is 35.4 Å². The van der Waals surface area contributed by atoms with Crippen LogP contribution in [0.5, 0.6) is 0 Å². The van der Waals surface area contributed by atoms with Gasteiger partial charge >= 0.3 is 0 Å². The molecule has 1 aromatic carbocycles. The summed E-state index contributed by atoms with van der Waals surface area (Å²) >= 11 is 0. The van der Waals surface area contributed by atoms with E-state index in [4.69, 9.17) is 4.74 Å². The SMILES string of the molecule is C[C@]12CC=C3C=C4CCC(=O)C[C@]45CC[C@]3(O5)[C@@H]1CC=C2C(=O)Nc1ccccc1. The molecule has 4 heteroatoms. The van der Waals surface area contributed by atoms with Gasteiger partial charge in [-0.1, -0.05) is 43.4 Å². The maximum Gasteiger partial charge on any atom is 0.251 e. The van der Waals surface area contributed by atoms with Crippen molar-refractivity contribution in [3.63, 3.8) is 0 Å². The van der Waals surface area contributed by atoms with E-state index in [9.17, 15) is 9.59 Å². The standard InChI is InChI=1S/C26H27NO3/c1-24-12-11-18-15-17-7-8-20(28)16-25(17)13-14-26(18,30-25)22(24)10-9-21(24)23(29)27-19-5-3-2-4-6-19/h2-6,9,11,15,22H,7-8,10,12-14,16H2,1H3,(H,27,29)/t22-,24-,25-,26-/m1/s1. The summed E-state index contributed by atoms with van der Waals surface area (Å²) in [5, 5.41) is 3.08. The number of hydrogen-bond donors (Lipinski definition) is 1. The van der Waals surface area contributed by atoms with Crippen molar-refractivity contribution in [3.8, 4) is 0 Å². The predicted octanol–water partition coefficient (Wildman–Crippen LogP) is 4.89. The Morgan fingerprint density at radius 3 is 2.80 bits per heavy atom. The van der Waals surface area contributed by atoms with Crippen LogP contribution in [0.25, 0.3) is 0 Å². The Morgan fingerprint density at radius 1 is 1.13 bits per heavy atom. The number of fused-ring (bicyclic) bond motifs is 1. The van der Waals surface area contributed by atoms with E-state index in [-0.39, 0.29) is 28.4 Å². The smallest absolute Gasteiger partial charge is 0.251 e. The molecule has 1 aromatic rings. The molecule has 0 aromatic heterocycles. The van der Waals surface area contributed by atoms with E-state index < -0.39 is 0 Å². The van der Waals surface area contributed by atoms with Crippen molar-refractivity contribution in [2.75, 3.05) is 5.32 Å². The first-order chi connectivity index (χ1) is 14.5. The molecule has 1 amide bonds. The zero-order valence-electron chi connectivity index (χ0n) is 17.4. The minimum Gasteiger partial charge on any atom is -0.359 e. The Kier molecular flexibility index (Phi) is 3.69. The van der Waals surface area contributed by atoms with Crippen LogP contribution in [0, 0.1) is 11.3 Å². The highest BCUT2D eigenvalue weighted by Gasteiger charge is 2.65. The molecule has 2 spiro atoms. The Balaban J connectivity index is 1.35. The van der Waals surface area contributed by atoms with Gasteiger partial charge < -0.3 is 10.1 Å². The average Bonchev–Trinajstić information content (AvgIpc) is 3.24. The van der Waals surface area contributed by atoms with Gasteiger partial charge in [-0.15, -0.1) is 0 Å². The zero-order chi connectivity index (χ0) is 20.6. The van der Waals surface area contributed by atoms with Gasteiger partial charge in [0.2, 0.25) is 0 Å². The summed E-state index contributed by atoms with van der Waals surface area (Å²) in [5.74, 6) is 0.547. The minimum absolute atomic E-state index is 0.00737. The molecule has 1 N–H and O–H groups in total. The lowest BCUT2D eigenvalue weighted by Crippen LogP contribution is -2.54. The van der Waals surface area contributed by atoms with Crippen LogP contribution < -0.4 is 5.32 Å². The monoisotopic (exact) mass is 401 g/mol. The van der Waals surface area contributed by atoms with E-state index in [2.05, 4.69) is 30.5 Å². The molecule has 4 nitrogen and oxygen atoms in total. The molecule has 2 bridgehead atoms. The molecule has 1 saturated heterocycles. The fourth-order valence-electron chi connectivity index (χ4n) is 6.87. The third-order valence-electron chi connectivity index (χ3n) is 8.36. The largest absolute Gasteiger partial charge is 0.359 e. The Hall–Kier alpha value is -2.46. The molecular weight excluding hydrogens is 374 g/mol. The quantitative estimate of drug-likeness (QED) is 0.768. The third kappa shape index (κ3) is 2.31. The molecule has 2 heterocycles. The van der Waals surface area contributed by atoms with E-state index >= 15 is 0 Å². The summed E-state index contributed by atoms with van der Waals surface area (Å²) in [5.41, 5.74) is 3.30. The van der Waals surface area contributed by atoms with Crippen molar-refractivity contribution in [1.82, 2.24) is 0 Å². The summed E-state index contributed by atoms with van der Waals surface area (Å²) in [6.45, 7) is 2.22. The number of anilines is 1. The maximum atomic E-state index is 13.2. The molecule has 30 heavy (non-hydrogen) atoms. The Bertz CT molecular complexity index is 1050. The van der Waals surface area contributed by atoms with Crippen LogP contribution in [0.4, 0.5) is 5.69 Å². The van der Waals surface area contributed by atoms with Crippen molar-refractivity contribution in [3.05, 3.63) is 65.3 Å². The van der Waals surface area contributed by atoms with Crippen LogP contribution in [-0.2, 0) is 14.3 Å². The number of hydrogen-bond acceptors (Lipinski definition) is 3. The second-order valence-electron chi connectivity index (χ2n) is 9.88. The third-order valence-corrected chi connectivity index (χ3v) is 8.36. The fraction of sp³-hybridized carbons (Fsp3) is 0.462. The average molecular weight is 402 g/mol. The van der Waals surface area contributed by atoms with Crippen LogP contribution in [-0.4, -0.2) is 22.9 Å². The lowest BCUT2D eigenvalue weighted by molar-refractivity contribution is -0.145. The van der Waals surface area contributed by atoms with E-state index in [1.165, 1.54) is 11.1 Å². The fourth-order valence-corrected chi connectivity index (χ4v) is 6.87. The van der Waals surface area contributed by atoms with Crippen LogP contribution in [0.1, 0.15) is 51.9 Å². The maximum absolute atomic E-state index is 13.2. The number of carbonyl (C=O) groups excluding carboxylic acids is 2. The van der Waals surface area contributed by atoms with E-state index in [1.54, 1.807) is 0 Å². The summed E-state index contributed by atoms with van der Waals surface area (Å²) < 4.78 is 6.95. The van der Waals surface area contributed by atoms with Gasteiger partial charge in [0.25, 0.3) is 5.91 Å². The van der Waals surface area contributed by atoms with Crippen LogP contribution in [0.15, 0.2) is 65.3 Å². The highest BCUT2D eigenvalue weighted by Crippen LogP contribution is 2.66. The summed E-state index contributed by atoms with van der Waals surface area (Å²) in [7, 11) is 0. The van der Waals surface area contributed by atoms with Gasteiger partial charge in [-0.05, 0) is 55.4 Å². The number of nitrogens with one attached hydrogen (secondary N) is 1. The number of ketones is 1. The highest BCUT2D eigenvalue weighted by atomic mass is 16.5. The van der Waals surface area contributed by atoms with Crippen LogP contribution in [0.2, 0.25) is 0 Å². The molecule has 2 fully saturated rings. The van der Waals surface area contributed by atoms with Gasteiger partial charge in [-0.2, -0.15) is 0 Å². The first-order valence-electron chi connectivity index (χ1n) is 11.2.